The van der Waals surface area contributed by atoms with Gasteiger partial charge in [0, 0.05) is 39.3 Å². The van der Waals surface area contributed by atoms with Crippen LogP contribution in [0.15, 0.2) is 29.3 Å². The first-order valence-electron chi connectivity index (χ1n) is 10.2. The van der Waals surface area contributed by atoms with Gasteiger partial charge >= 0.3 is 0 Å². The van der Waals surface area contributed by atoms with E-state index in [1.807, 2.05) is 24.3 Å². The Kier molecular flexibility index (Phi) is 7.50. The van der Waals surface area contributed by atoms with Crippen molar-refractivity contribution in [2.75, 3.05) is 59.0 Å². The van der Waals surface area contributed by atoms with E-state index in [2.05, 4.69) is 29.0 Å². The summed E-state index contributed by atoms with van der Waals surface area (Å²) < 4.78 is 5.45. The third-order valence-corrected chi connectivity index (χ3v) is 5.42. The largest absolute Gasteiger partial charge is 0.386 e. The molecular weight excluding hydrogens is 340 g/mol. The molecule has 0 spiro atoms. The Hall–Kier alpha value is -1.63. The van der Waals surface area contributed by atoms with Gasteiger partial charge in [0.15, 0.2) is 5.96 Å². The van der Waals surface area contributed by atoms with E-state index < -0.39 is 6.10 Å². The molecule has 2 fully saturated rings. The summed E-state index contributed by atoms with van der Waals surface area (Å²) in [5.74, 6) is 1.60. The Morgan fingerprint density at radius 2 is 2.00 bits per heavy atom. The quantitative estimate of drug-likeness (QED) is 0.586. The molecule has 0 radical (unpaired) electrons. The van der Waals surface area contributed by atoms with Crippen LogP contribution in [-0.4, -0.2) is 79.9 Å². The Labute approximate surface area is 163 Å². The van der Waals surface area contributed by atoms with Gasteiger partial charge in [-0.1, -0.05) is 29.8 Å². The monoisotopic (exact) mass is 374 g/mol. The number of hydrogen-bond donors (Lipinski definition) is 2. The number of ether oxygens (including phenoxy) is 1. The summed E-state index contributed by atoms with van der Waals surface area (Å²) in [6.07, 6.45) is 0.633. The molecule has 6 nitrogen and oxygen atoms in total. The minimum absolute atomic E-state index is 0.385. The summed E-state index contributed by atoms with van der Waals surface area (Å²) in [7, 11) is 0. The molecule has 27 heavy (non-hydrogen) atoms. The van der Waals surface area contributed by atoms with Gasteiger partial charge < -0.3 is 20.1 Å². The normalized spacial score (nSPS) is 22.9. The molecule has 1 aromatic carbocycles. The van der Waals surface area contributed by atoms with Crippen LogP contribution in [0.1, 0.15) is 30.6 Å². The number of hydrogen-bond acceptors (Lipinski definition) is 4. The van der Waals surface area contributed by atoms with Gasteiger partial charge in [0.25, 0.3) is 0 Å². The number of benzene rings is 1. The van der Waals surface area contributed by atoms with E-state index in [0.29, 0.717) is 12.5 Å². The number of aliphatic hydroxyl groups is 1. The summed E-state index contributed by atoms with van der Waals surface area (Å²) in [6, 6.07) is 8.03. The lowest BCUT2D eigenvalue weighted by atomic mass is 10.1. The van der Waals surface area contributed by atoms with Crippen LogP contribution in [0.5, 0.6) is 0 Å². The number of aliphatic imine (C=N–C) groups is 1. The number of nitrogens with one attached hydrogen (secondary N) is 1. The van der Waals surface area contributed by atoms with Crippen LogP contribution in [-0.2, 0) is 4.74 Å². The van der Waals surface area contributed by atoms with Crippen molar-refractivity contribution in [3.63, 3.8) is 0 Å². The standard InChI is InChI=1S/C21H34N4O2/c1-3-22-21(23-14-20(26)19-6-4-17(2)5-7-19)25-9-8-18(16-25)15-24-10-12-27-13-11-24/h4-7,18,20,26H,3,8-16H2,1-2H3,(H,22,23). The number of aliphatic hydroxyl groups excluding tert-OH is 1. The summed E-state index contributed by atoms with van der Waals surface area (Å²) in [5.41, 5.74) is 2.12. The van der Waals surface area contributed by atoms with E-state index in [9.17, 15) is 5.11 Å². The predicted octanol–water partition coefficient (Wildman–Crippen LogP) is 1.65. The fourth-order valence-electron chi connectivity index (χ4n) is 3.82. The van der Waals surface area contributed by atoms with E-state index in [0.717, 1.165) is 64.0 Å². The molecule has 2 unspecified atom stereocenters. The van der Waals surface area contributed by atoms with Crippen LogP contribution in [0.4, 0.5) is 0 Å². The Balaban J connectivity index is 1.54. The van der Waals surface area contributed by atoms with Crippen molar-refractivity contribution in [1.29, 1.82) is 0 Å². The molecule has 2 atom stereocenters. The minimum Gasteiger partial charge on any atom is -0.386 e. The van der Waals surface area contributed by atoms with Crippen molar-refractivity contribution in [2.45, 2.75) is 26.4 Å². The zero-order chi connectivity index (χ0) is 19.1. The van der Waals surface area contributed by atoms with Gasteiger partial charge in [0.1, 0.15) is 0 Å². The molecule has 150 valence electrons. The smallest absolute Gasteiger partial charge is 0.194 e. The second kappa shape index (κ2) is 10.1. The highest BCUT2D eigenvalue weighted by Gasteiger charge is 2.27. The number of rotatable bonds is 6. The number of morpholine rings is 1. The maximum atomic E-state index is 10.5. The van der Waals surface area contributed by atoms with Crippen LogP contribution in [0.3, 0.4) is 0 Å². The third-order valence-electron chi connectivity index (χ3n) is 5.42. The molecular formula is C21H34N4O2. The van der Waals surface area contributed by atoms with E-state index in [1.165, 1.54) is 12.0 Å². The zero-order valence-electron chi connectivity index (χ0n) is 16.7. The van der Waals surface area contributed by atoms with Gasteiger partial charge in [-0.3, -0.25) is 9.89 Å². The fourth-order valence-corrected chi connectivity index (χ4v) is 3.82. The lowest BCUT2D eigenvalue weighted by molar-refractivity contribution is 0.0315. The van der Waals surface area contributed by atoms with Gasteiger partial charge in [-0.2, -0.15) is 0 Å². The highest BCUT2D eigenvalue weighted by Crippen LogP contribution is 2.19. The second-order valence-corrected chi connectivity index (χ2v) is 7.63. The number of likely N-dealkylation sites (tertiary alicyclic amines) is 1. The van der Waals surface area contributed by atoms with E-state index in [-0.39, 0.29) is 0 Å². The molecule has 2 aliphatic heterocycles. The SMILES string of the molecule is CCNC(=NCC(O)c1ccc(C)cc1)N1CCC(CN2CCOCC2)C1. The van der Waals surface area contributed by atoms with Crippen molar-refractivity contribution in [3.05, 3.63) is 35.4 Å². The number of guanidine groups is 1. The predicted molar refractivity (Wildman–Crippen MR) is 109 cm³/mol. The van der Waals surface area contributed by atoms with Gasteiger partial charge in [-0.05, 0) is 31.7 Å². The first-order chi connectivity index (χ1) is 13.2. The van der Waals surface area contributed by atoms with Crippen LogP contribution in [0.2, 0.25) is 0 Å². The zero-order valence-corrected chi connectivity index (χ0v) is 16.7. The van der Waals surface area contributed by atoms with Crippen LogP contribution in [0.25, 0.3) is 0 Å². The fraction of sp³-hybridized carbons (Fsp3) is 0.667. The van der Waals surface area contributed by atoms with Gasteiger partial charge in [-0.15, -0.1) is 0 Å². The molecule has 0 amide bonds. The summed E-state index contributed by atoms with van der Waals surface area (Å²) in [4.78, 5) is 9.58. The van der Waals surface area contributed by atoms with Crippen molar-refractivity contribution in [2.24, 2.45) is 10.9 Å². The first-order valence-corrected chi connectivity index (χ1v) is 10.2. The lowest BCUT2D eigenvalue weighted by Crippen LogP contribution is -2.42. The third kappa shape index (κ3) is 5.92. The van der Waals surface area contributed by atoms with Gasteiger partial charge in [0.2, 0.25) is 0 Å². The van der Waals surface area contributed by atoms with Gasteiger partial charge in [0.05, 0.1) is 25.9 Å². The average molecular weight is 375 g/mol. The first kappa shape index (κ1) is 20.1. The van der Waals surface area contributed by atoms with E-state index in [4.69, 9.17) is 9.73 Å². The topological polar surface area (TPSA) is 60.3 Å². The molecule has 1 aromatic rings. The number of aryl methyl sites for hydroxylation is 1. The summed E-state index contributed by atoms with van der Waals surface area (Å²) in [6.45, 7) is 12.4. The van der Waals surface area contributed by atoms with E-state index in [1.54, 1.807) is 0 Å². The minimum atomic E-state index is -0.564. The molecule has 2 N–H and O–H groups in total. The number of nitrogens with zero attached hydrogens (tertiary/aromatic N) is 3. The Morgan fingerprint density at radius 1 is 1.26 bits per heavy atom. The van der Waals surface area contributed by atoms with Crippen molar-refractivity contribution >= 4 is 5.96 Å². The Bertz CT molecular complexity index is 599. The van der Waals surface area contributed by atoms with Crippen LogP contribution < -0.4 is 5.32 Å². The molecule has 0 aliphatic carbocycles. The second-order valence-electron chi connectivity index (χ2n) is 7.63. The molecule has 6 heteroatoms. The average Bonchev–Trinajstić information content (AvgIpc) is 3.14. The Morgan fingerprint density at radius 3 is 2.70 bits per heavy atom. The van der Waals surface area contributed by atoms with Crippen molar-refractivity contribution in [3.8, 4) is 0 Å². The molecule has 3 rings (SSSR count). The van der Waals surface area contributed by atoms with Crippen LogP contribution >= 0.6 is 0 Å². The van der Waals surface area contributed by atoms with Crippen molar-refractivity contribution < 1.29 is 9.84 Å². The van der Waals surface area contributed by atoms with Crippen molar-refractivity contribution in [1.82, 2.24) is 15.1 Å². The summed E-state index contributed by atoms with van der Waals surface area (Å²) >= 11 is 0. The molecule has 0 saturated carbocycles. The molecule has 2 heterocycles. The van der Waals surface area contributed by atoms with E-state index >= 15 is 0 Å². The maximum Gasteiger partial charge on any atom is 0.194 e. The van der Waals surface area contributed by atoms with Crippen LogP contribution in [0, 0.1) is 12.8 Å². The molecule has 2 saturated heterocycles. The maximum absolute atomic E-state index is 10.5. The highest BCUT2D eigenvalue weighted by atomic mass is 16.5. The molecule has 0 bridgehead atoms. The molecule has 0 aromatic heterocycles. The van der Waals surface area contributed by atoms with Gasteiger partial charge in [-0.25, -0.2) is 0 Å². The summed E-state index contributed by atoms with van der Waals surface area (Å²) in [5, 5.41) is 13.9. The molecule has 2 aliphatic rings. The highest BCUT2D eigenvalue weighted by molar-refractivity contribution is 5.80. The lowest BCUT2D eigenvalue weighted by Gasteiger charge is -2.29.